The molecule has 1 N–H and O–H groups in total. The molecule has 0 aromatic carbocycles. The lowest BCUT2D eigenvalue weighted by Gasteiger charge is -2.60. The Morgan fingerprint density at radius 3 is 2.78 bits per heavy atom. The average Bonchev–Trinajstić information content (AvgIpc) is 3.16. The number of aromatic nitrogens is 1. The SMILES string of the molecule is CN=C(NC1C2CCCOC2C1(C)C)N1CCN(Cc2ccon2)CC1.I. The van der Waals surface area contributed by atoms with E-state index in [4.69, 9.17) is 9.26 Å². The summed E-state index contributed by atoms with van der Waals surface area (Å²) in [6, 6.07) is 2.38. The number of hydrogen-bond donors (Lipinski definition) is 1. The third-order valence-electron chi connectivity index (χ3n) is 6.38. The van der Waals surface area contributed by atoms with Gasteiger partial charge in [0, 0.05) is 69.8 Å². The molecule has 1 aromatic rings. The van der Waals surface area contributed by atoms with E-state index in [1.807, 2.05) is 13.1 Å². The fraction of sp³-hybridized carbons (Fsp3) is 0.789. The number of nitrogens with zero attached hydrogens (tertiary/aromatic N) is 4. The molecule has 27 heavy (non-hydrogen) atoms. The van der Waals surface area contributed by atoms with Crippen molar-refractivity contribution in [3.05, 3.63) is 18.0 Å². The van der Waals surface area contributed by atoms with E-state index >= 15 is 0 Å². The van der Waals surface area contributed by atoms with Crippen molar-refractivity contribution in [1.29, 1.82) is 0 Å². The summed E-state index contributed by atoms with van der Waals surface area (Å²) in [4.78, 5) is 9.38. The van der Waals surface area contributed by atoms with Crippen molar-refractivity contribution < 1.29 is 9.26 Å². The number of piperazine rings is 1. The van der Waals surface area contributed by atoms with Crippen molar-refractivity contribution in [3.8, 4) is 0 Å². The van der Waals surface area contributed by atoms with Crippen LogP contribution >= 0.6 is 24.0 Å². The number of aliphatic imine (C=N–C) groups is 1. The van der Waals surface area contributed by atoms with Crippen LogP contribution in [0.2, 0.25) is 0 Å². The van der Waals surface area contributed by atoms with Gasteiger partial charge >= 0.3 is 0 Å². The molecule has 0 spiro atoms. The van der Waals surface area contributed by atoms with E-state index in [0.717, 1.165) is 51.0 Å². The molecule has 1 aromatic heterocycles. The standard InChI is InChI=1S/C19H31N5O2.HI/c1-19(2)16(15-5-4-11-25-17(15)19)21-18(20-3)24-9-7-23(8-10-24)13-14-6-12-26-22-14;/h6,12,15-17H,4-5,7-11,13H2,1-3H3,(H,20,21);1H. The van der Waals surface area contributed by atoms with Crippen LogP contribution in [0.1, 0.15) is 32.4 Å². The molecule has 3 aliphatic rings. The number of hydrogen-bond acceptors (Lipinski definition) is 5. The summed E-state index contributed by atoms with van der Waals surface area (Å²) < 4.78 is 11.0. The third-order valence-corrected chi connectivity index (χ3v) is 6.38. The predicted molar refractivity (Wildman–Crippen MR) is 115 cm³/mol. The Bertz CT molecular complexity index is 628. The molecule has 0 amide bonds. The van der Waals surface area contributed by atoms with Crippen molar-refractivity contribution >= 4 is 29.9 Å². The van der Waals surface area contributed by atoms with Gasteiger partial charge in [0.2, 0.25) is 0 Å². The Kier molecular flexibility index (Phi) is 6.68. The maximum atomic E-state index is 6.03. The Balaban J connectivity index is 0.00000210. The molecule has 7 nitrogen and oxygen atoms in total. The molecule has 3 atom stereocenters. The van der Waals surface area contributed by atoms with Crippen LogP contribution in [0.25, 0.3) is 0 Å². The van der Waals surface area contributed by atoms with Crippen molar-refractivity contribution in [1.82, 2.24) is 20.3 Å². The molecule has 3 fully saturated rings. The van der Waals surface area contributed by atoms with Crippen molar-refractivity contribution in [2.45, 2.75) is 45.4 Å². The normalized spacial score (nSPS) is 30.9. The maximum absolute atomic E-state index is 6.03. The summed E-state index contributed by atoms with van der Waals surface area (Å²) in [5.74, 6) is 1.65. The van der Waals surface area contributed by atoms with Crippen LogP contribution in [-0.2, 0) is 11.3 Å². The lowest BCUT2D eigenvalue weighted by atomic mass is 9.55. The molecular formula is C19H32IN5O2. The summed E-state index contributed by atoms with van der Waals surface area (Å²) in [6.07, 6.45) is 4.47. The van der Waals surface area contributed by atoms with E-state index in [-0.39, 0.29) is 29.4 Å². The number of rotatable bonds is 3. The zero-order valence-corrected chi connectivity index (χ0v) is 18.9. The Morgan fingerprint density at radius 1 is 1.33 bits per heavy atom. The monoisotopic (exact) mass is 489 g/mol. The summed E-state index contributed by atoms with van der Waals surface area (Å²) >= 11 is 0. The molecule has 8 heteroatoms. The summed E-state index contributed by atoms with van der Waals surface area (Å²) in [5.41, 5.74) is 1.16. The van der Waals surface area contributed by atoms with Crippen molar-refractivity contribution in [2.75, 3.05) is 39.8 Å². The number of fused-ring (bicyclic) bond motifs is 1. The smallest absolute Gasteiger partial charge is 0.193 e. The van der Waals surface area contributed by atoms with Crippen molar-refractivity contribution in [2.24, 2.45) is 16.3 Å². The fourth-order valence-electron chi connectivity index (χ4n) is 4.92. The predicted octanol–water partition coefficient (Wildman–Crippen LogP) is 2.19. The lowest BCUT2D eigenvalue weighted by molar-refractivity contribution is -0.188. The topological polar surface area (TPSA) is 66.1 Å². The van der Waals surface area contributed by atoms with Gasteiger partial charge in [-0.15, -0.1) is 24.0 Å². The average molecular weight is 489 g/mol. The van der Waals surface area contributed by atoms with E-state index in [1.54, 1.807) is 6.26 Å². The molecule has 1 aliphatic carbocycles. The first kappa shape index (κ1) is 20.9. The van der Waals surface area contributed by atoms with Gasteiger partial charge < -0.3 is 19.5 Å². The molecule has 1 saturated carbocycles. The first-order valence-electron chi connectivity index (χ1n) is 9.81. The van der Waals surface area contributed by atoms with Gasteiger partial charge in [0.15, 0.2) is 5.96 Å². The van der Waals surface area contributed by atoms with Crippen LogP contribution in [0.3, 0.4) is 0 Å². The minimum absolute atomic E-state index is 0. The van der Waals surface area contributed by atoms with Gasteiger partial charge in [0.25, 0.3) is 0 Å². The van der Waals surface area contributed by atoms with Crippen LogP contribution in [0, 0.1) is 11.3 Å². The molecule has 3 unspecified atom stereocenters. The number of halogens is 1. The fourth-order valence-corrected chi connectivity index (χ4v) is 4.92. The molecule has 2 aliphatic heterocycles. The van der Waals surface area contributed by atoms with Gasteiger partial charge in [-0.1, -0.05) is 19.0 Å². The maximum Gasteiger partial charge on any atom is 0.193 e. The van der Waals surface area contributed by atoms with E-state index < -0.39 is 0 Å². The zero-order valence-electron chi connectivity index (χ0n) is 16.6. The number of guanidine groups is 1. The summed E-state index contributed by atoms with van der Waals surface area (Å²) in [6.45, 7) is 10.4. The second-order valence-electron chi connectivity index (χ2n) is 8.34. The zero-order chi connectivity index (χ0) is 18.1. The molecule has 0 radical (unpaired) electrons. The first-order chi connectivity index (χ1) is 12.6. The summed E-state index contributed by atoms with van der Waals surface area (Å²) in [5, 5.41) is 7.79. The van der Waals surface area contributed by atoms with E-state index in [2.05, 4.69) is 39.1 Å². The Morgan fingerprint density at radius 2 is 2.11 bits per heavy atom. The number of nitrogens with one attached hydrogen (secondary N) is 1. The number of ether oxygens (including phenoxy) is 1. The minimum atomic E-state index is 0. The van der Waals surface area contributed by atoms with Crippen molar-refractivity contribution in [3.63, 3.8) is 0 Å². The van der Waals surface area contributed by atoms with Gasteiger partial charge in [-0.3, -0.25) is 9.89 Å². The van der Waals surface area contributed by atoms with Crippen LogP contribution in [0.15, 0.2) is 21.8 Å². The van der Waals surface area contributed by atoms with Gasteiger partial charge in [-0.25, -0.2) is 0 Å². The highest BCUT2D eigenvalue weighted by Crippen LogP contribution is 2.51. The van der Waals surface area contributed by atoms with Gasteiger partial charge in [-0.2, -0.15) is 0 Å². The van der Waals surface area contributed by atoms with Gasteiger partial charge in [0.1, 0.15) is 6.26 Å². The molecule has 3 heterocycles. The highest BCUT2D eigenvalue weighted by atomic mass is 127. The second kappa shape index (κ2) is 8.65. The van der Waals surface area contributed by atoms with Crippen LogP contribution in [0.5, 0.6) is 0 Å². The van der Waals surface area contributed by atoms with E-state index in [9.17, 15) is 0 Å². The highest BCUT2D eigenvalue weighted by Gasteiger charge is 2.58. The molecular weight excluding hydrogens is 457 g/mol. The highest BCUT2D eigenvalue weighted by molar-refractivity contribution is 14.0. The lowest BCUT2D eigenvalue weighted by Crippen LogP contribution is -2.71. The minimum Gasteiger partial charge on any atom is -0.377 e. The van der Waals surface area contributed by atoms with Gasteiger partial charge in [0.05, 0.1) is 11.8 Å². The van der Waals surface area contributed by atoms with Crippen LogP contribution in [-0.4, -0.2) is 72.9 Å². The largest absolute Gasteiger partial charge is 0.377 e. The first-order valence-corrected chi connectivity index (χ1v) is 9.81. The van der Waals surface area contributed by atoms with E-state index in [1.165, 1.54) is 12.8 Å². The second-order valence-corrected chi connectivity index (χ2v) is 8.34. The molecule has 2 saturated heterocycles. The quantitative estimate of drug-likeness (QED) is 0.399. The Hall–Kier alpha value is -0.870. The van der Waals surface area contributed by atoms with E-state index in [0.29, 0.717) is 18.1 Å². The summed E-state index contributed by atoms with van der Waals surface area (Å²) in [7, 11) is 1.89. The third kappa shape index (κ3) is 4.12. The molecule has 4 rings (SSSR count). The molecule has 152 valence electrons. The Labute approximate surface area is 178 Å². The van der Waals surface area contributed by atoms with Gasteiger partial charge in [-0.05, 0) is 12.8 Å². The van der Waals surface area contributed by atoms with Crippen LogP contribution < -0.4 is 5.32 Å². The van der Waals surface area contributed by atoms with Crippen LogP contribution in [0.4, 0.5) is 0 Å². The molecule has 0 bridgehead atoms.